The van der Waals surface area contributed by atoms with Gasteiger partial charge in [-0.2, -0.15) is 0 Å². The molecule has 2 N–H and O–H groups in total. The zero-order valence-electron chi connectivity index (χ0n) is 13.4. The molecule has 3 aliphatic carbocycles. The lowest BCUT2D eigenvalue weighted by molar-refractivity contribution is 0.0975. The van der Waals surface area contributed by atoms with Crippen molar-refractivity contribution in [2.45, 2.75) is 55.7 Å². The van der Waals surface area contributed by atoms with Crippen molar-refractivity contribution in [3.8, 4) is 0 Å². The van der Waals surface area contributed by atoms with Gasteiger partial charge in [0.2, 0.25) is 0 Å². The Balaban J connectivity index is 1.75. The monoisotopic (exact) mass is 314 g/mol. The number of fused-ring (bicyclic) bond motifs is 2. The van der Waals surface area contributed by atoms with Crippen molar-refractivity contribution in [2.75, 3.05) is 26.4 Å². The normalized spacial score (nSPS) is 43.0. The summed E-state index contributed by atoms with van der Waals surface area (Å²) >= 11 is 0. The van der Waals surface area contributed by atoms with Crippen LogP contribution in [0.3, 0.4) is 0 Å². The highest BCUT2D eigenvalue weighted by molar-refractivity contribution is 7.91. The molecular weight excluding hydrogens is 284 g/mol. The summed E-state index contributed by atoms with van der Waals surface area (Å²) in [5.74, 6) is 2.58. The van der Waals surface area contributed by atoms with E-state index in [-0.39, 0.29) is 10.8 Å². The van der Waals surface area contributed by atoms with Crippen molar-refractivity contribution in [3.63, 3.8) is 0 Å². The largest absolute Gasteiger partial charge is 0.329 e. The van der Waals surface area contributed by atoms with E-state index in [2.05, 4.69) is 11.9 Å². The van der Waals surface area contributed by atoms with Gasteiger partial charge < -0.3 is 5.73 Å². The summed E-state index contributed by atoms with van der Waals surface area (Å²) < 4.78 is 24.4. The summed E-state index contributed by atoms with van der Waals surface area (Å²) in [6, 6.07) is 0. The number of nitrogens with two attached hydrogens (primary N) is 1. The quantitative estimate of drug-likeness (QED) is 0.838. The Bertz CT molecular complexity index is 493. The van der Waals surface area contributed by atoms with E-state index in [1.54, 1.807) is 0 Å². The van der Waals surface area contributed by atoms with Crippen molar-refractivity contribution in [1.82, 2.24) is 4.90 Å². The van der Waals surface area contributed by atoms with Crippen LogP contribution in [0, 0.1) is 17.8 Å². The smallest absolute Gasteiger partial charge is 0.152 e. The molecule has 0 aromatic carbocycles. The van der Waals surface area contributed by atoms with Crippen molar-refractivity contribution in [2.24, 2.45) is 23.5 Å². The molecule has 3 rings (SSSR count). The second kappa shape index (κ2) is 5.50. The van der Waals surface area contributed by atoms with Crippen molar-refractivity contribution < 1.29 is 8.42 Å². The first-order valence-corrected chi connectivity index (χ1v) is 10.4. The molecule has 3 fully saturated rings. The molecule has 21 heavy (non-hydrogen) atoms. The van der Waals surface area contributed by atoms with Crippen LogP contribution in [-0.4, -0.2) is 50.5 Å². The van der Waals surface area contributed by atoms with Gasteiger partial charge in [0, 0.05) is 24.9 Å². The molecule has 0 radical (unpaired) electrons. The summed E-state index contributed by atoms with van der Waals surface area (Å²) in [6.45, 7) is 1.49. The minimum absolute atomic E-state index is 0.279. The van der Waals surface area contributed by atoms with Crippen molar-refractivity contribution in [1.29, 1.82) is 0 Å². The van der Waals surface area contributed by atoms with Gasteiger partial charge in [0.05, 0.1) is 5.25 Å². The number of hydrogen-bond acceptors (Lipinski definition) is 4. The van der Waals surface area contributed by atoms with E-state index in [0.717, 1.165) is 43.6 Å². The minimum atomic E-state index is -3.03. The maximum Gasteiger partial charge on any atom is 0.152 e. The fraction of sp³-hybridized carbons (Fsp3) is 1.00. The van der Waals surface area contributed by atoms with Gasteiger partial charge in [-0.05, 0) is 56.9 Å². The van der Waals surface area contributed by atoms with Crippen LogP contribution in [0.15, 0.2) is 0 Å². The summed E-state index contributed by atoms with van der Waals surface area (Å²) in [5, 5.41) is -0.279. The molecule has 0 aromatic rings. The second-order valence-corrected chi connectivity index (χ2v) is 10.1. The molecule has 0 aliphatic heterocycles. The molecule has 0 amide bonds. The molecule has 5 unspecified atom stereocenters. The van der Waals surface area contributed by atoms with Crippen LogP contribution in [0.5, 0.6) is 0 Å². The number of nitrogens with zero attached hydrogens (tertiary/aromatic N) is 1. The van der Waals surface area contributed by atoms with E-state index < -0.39 is 9.84 Å². The summed E-state index contributed by atoms with van der Waals surface area (Å²) in [7, 11) is -0.919. The van der Waals surface area contributed by atoms with Gasteiger partial charge in [-0.3, -0.25) is 4.90 Å². The lowest BCUT2D eigenvalue weighted by Gasteiger charge is -2.44. The first-order valence-electron chi connectivity index (χ1n) is 8.47. The first kappa shape index (κ1) is 15.8. The molecule has 0 heterocycles. The van der Waals surface area contributed by atoms with E-state index in [4.69, 9.17) is 5.73 Å². The highest BCUT2D eigenvalue weighted by Crippen LogP contribution is 2.49. The second-order valence-electron chi connectivity index (χ2n) is 7.83. The summed E-state index contributed by atoms with van der Waals surface area (Å²) in [6.07, 6.45) is 9.63. The van der Waals surface area contributed by atoms with E-state index in [1.165, 1.54) is 31.9 Å². The van der Waals surface area contributed by atoms with E-state index in [1.807, 2.05) is 0 Å². The van der Waals surface area contributed by atoms with Gasteiger partial charge in [-0.25, -0.2) is 8.42 Å². The van der Waals surface area contributed by atoms with Gasteiger partial charge >= 0.3 is 0 Å². The Hall–Kier alpha value is -0.130. The maximum atomic E-state index is 12.2. The van der Waals surface area contributed by atoms with Crippen LogP contribution >= 0.6 is 0 Å². The topological polar surface area (TPSA) is 63.4 Å². The molecule has 0 saturated heterocycles. The fourth-order valence-corrected chi connectivity index (χ4v) is 7.38. The average molecular weight is 314 g/mol. The van der Waals surface area contributed by atoms with E-state index >= 15 is 0 Å². The van der Waals surface area contributed by atoms with Crippen LogP contribution in [0.4, 0.5) is 0 Å². The van der Waals surface area contributed by atoms with Crippen LogP contribution in [0.1, 0.15) is 44.9 Å². The number of sulfone groups is 1. The SMILES string of the molecule is CN(CC1CC2CCC1C2)C1(CN)CCCC1S(C)(=O)=O. The summed E-state index contributed by atoms with van der Waals surface area (Å²) in [5.41, 5.74) is 5.78. The van der Waals surface area contributed by atoms with Crippen LogP contribution in [0.25, 0.3) is 0 Å². The molecule has 3 aliphatic rings. The van der Waals surface area contributed by atoms with Crippen LogP contribution < -0.4 is 5.73 Å². The zero-order chi connectivity index (χ0) is 15.3. The van der Waals surface area contributed by atoms with Gasteiger partial charge in [-0.1, -0.05) is 12.8 Å². The highest BCUT2D eigenvalue weighted by Gasteiger charge is 2.51. The number of hydrogen-bond donors (Lipinski definition) is 1. The fourth-order valence-electron chi connectivity index (χ4n) is 5.60. The molecule has 122 valence electrons. The Morgan fingerprint density at radius 2 is 2.00 bits per heavy atom. The lowest BCUT2D eigenvalue weighted by Crippen LogP contribution is -2.60. The zero-order valence-corrected chi connectivity index (χ0v) is 14.2. The van der Waals surface area contributed by atoms with Crippen LogP contribution in [0.2, 0.25) is 0 Å². The minimum Gasteiger partial charge on any atom is -0.329 e. The first-order chi connectivity index (χ1) is 9.87. The Kier molecular flexibility index (Phi) is 4.13. The molecule has 5 heteroatoms. The lowest BCUT2D eigenvalue weighted by atomic mass is 9.86. The van der Waals surface area contributed by atoms with Gasteiger partial charge in [0.25, 0.3) is 0 Å². The number of likely N-dealkylation sites (N-methyl/N-ethyl adjacent to an activating group) is 1. The average Bonchev–Trinajstić information content (AvgIpc) is 3.12. The molecule has 5 atom stereocenters. The van der Waals surface area contributed by atoms with Gasteiger partial charge in [0.1, 0.15) is 0 Å². The van der Waals surface area contributed by atoms with Gasteiger partial charge in [-0.15, -0.1) is 0 Å². The summed E-state index contributed by atoms with van der Waals surface area (Å²) in [4.78, 5) is 2.33. The highest BCUT2D eigenvalue weighted by atomic mass is 32.2. The van der Waals surface area contributed by atoms with Crippen molar-refractivity contribution in [3.05, 3.63) is 0 Å². The molecule has 0 aromatic heterocycles. The molecule has 3 saturated carbocycles. The molecule has 0 spiro atoms. The Labute approximate surface area is 129 Å². The predicted molar refractivity (Wildman–Crippen MR) is 85.8 cm³/mol. The van der Waals surface area contributed by atoms with Gasteiger partial charge in [0.15, 0.2) is 9.84 Å². The molecule has 4 nitrogen and oxygen atoms in total. The third kappa shape index (κ3) is 2.66. The van der Waals surface area contributed by atoms with Crippen LogP contribution in [-0.2, 0) is 9.84 Å². The van der Waals surface area contributed by atoms with E-state index in [9.17, 15) is 8.42 Å². The maximum absolute atomic E-state index is 12.2. The predicted octanol–water partition coefficient (Wildman–Crippen LogP) is 1.65. The Morgan fingerprint density at radius 3 is 2.52 bits per heavy atom. The van der Waals surface area contributed by atoms with Crippen molar-refractivity contribution >= 4 is 9.84 Å². The Morgan fingerprint density at radius 1 is 1.24 bits per heavy atom. The standard InChI is InChI=1S/C16H30N2O2S/c1-18(10-14-9-12-5-6-13(14)8-12)16(11-17)7-3-4-15(16)21(2,19)20/h12-15H,3-11,17H2,1-2H3. The molecular formula is C16H30N2O2S. The third-order valence-corrected chi connectivity index (χ3v) is 8.41. The third-order valence-electron chi connectivity index (χ3n) is 6.70. The van der Waals surface area contributed by atoms with E-state index in [0.29, 0.717) is 6.54 Å². The number of rotatable bonds is 5. The molecule has 2 bridgehead atoms.